The van der Waals surface area contributed by atoms with Crippen molar-refractivity contribution in [1.29, 1.82) is 10.5 Å². The minimum Gasteiger partial charge on any atom is -0.371 e. The summed E-state index contributed by atoms with van der Waals surface area (Å²) in [7, 11) is 0. The number of rotatable bonds is 3. The standard InChI is InChI=1S/C12H18N2.C12H14N2.C7H4FN.C5H11N.3C2H6/c2*13-10-11-6-2-3-7-12(11)14-8-4-1-5-9-14;8-7-4-2-1-3-6(7)5-9;1-2-4-6-5-3-1;3*1-2/h2-3,6-7H,1,4-5,8-10,13H2;2-3,6-7H,1,4-5,8-9H2;1-4H;6H,1-5H2;3*1-2H3. The second-order valence-electron chi connectivity index (χ2n) is 11.0. The van der Waals surface area contributed by atoms with Gasteiger partial charge in [0.1, 0.15) is 18.0 Å². The minimum absolute atomic E-state index is 0.0949. The highest BCUT2D eigenvalue weighted by Crippen LogP contribution is 2.24. The molecule has 49 heavy (non-hydrogen) atoms. The zero-order valence-corrected chi connectivity index (χ0v) is 31.5. The van der Waals surface area contributed by atoms with E-state index in [4.69, 9.17) is 16.3 Å². The van der Waals surface area contributed by atoms with E-state index in [1.807, 2.05) is 65.8 Å². The molecule has 0 bridgehead atoms. The Morgan fingerprint density at radius 1 is 0.571 bits per heavy atom. The molecule has 0 aromatic heterocycles. The fourth-order valence-electron chi connectivity index (χ4n) is 5.46. The number of halogens is 1. The molecule has 3 heterocycles. The summed E-state index contributed by atoms with van der Waals surface area (Å²) in [4.78, 5) is 4.79. The van der Waals surface area contributed by atoms with Crippen LogP contribution in [0.1, 0.15) is 116 Å². The zero-order valence-electron chi connectivity index (χ0n) is 31.5. The average molecular weight is 673 g/mol. The number of nitrogens with one attached hydrogen (secondary N) is 1. The number of nitrogens with zero attached hydrogens (tertiary/aromatic N) is 4. The molecule has 0 saturated carbocycles. The Morgan fingerprint density at radius 2 is 0.980 bits per heavy atom. The van der Waals surface area contributed by atoms with E-state index in [1.54, 1.807) is 18.2 Å². The van der Waals surface area contributed by atoms with Gasteiger partial charge in [0, 0.05) is 38.4 Å². The van der Waals surface area contributed by atoms with Crippen LogP contribution in [0.15, 0.2) is 72.8 Å². The maximum Gasteiger partial charge on any atom is 0.140 e. The van der Waals surface area contributed by atoms with Crippen molar-refractivity contribution in [1.82, 2.24) is 5.32 Å². The molecule has 3 aliphatic heterocycles. The van der Waals surface area contributed by atoms with Gasteiger partial charge < -0.3 is 20.9 Å². The van der Waals surface area contributed by atoms with Gasteiger partial charge >= 0.3 is 0 Å². The number of hydrogen-bond donors (Lipinski definition) is 2. The first kappa shape index (κ1) is 45.1. The molecule has 3 aliphatic rings. The molecule has 3 saturated heterocycles. The molecule has 0 unspecified atom stereocenters. The van der Waals surface area contributed by atoms with Crippen LogP contribution >= 0.6 is 0 Å². The maximum atomic E-state index is 12.4. The molecule has 3 aromatic rings. The van der Waals surface area contributed by atoms with E-state index in [0.29, 0.717) is 6.54 Å². The van der Waals surface area contributed by atoms with Crippen molar-refractivity contribution >= 4 is 11.4 Å². The SMILES string of the molecule is C1CCNCC1.CC.CC.CC.N#Cc1ccccc1F.N#Cc1ccccc1N1CCCCC1.NCc1ccccc1N1CCCCC1. The van der Waals surface area contributed by atoms with Crippen LogP contribution in [0, 0.1) is 28.5 Å². The van der Waals surface area contributed by atoms with Crippen LogP contribution in [0.5, 0.6) is 0 Å². The molecule has 0 amide bonds. The number of benzene rings is 3. The monoisotopic (exact) mass is 673 g/mol. The van der Waals surface area contributed by atoms with Crippen molar-refractivity contribution < 1.29 is 4.39 Å². The first-order valence-electron chi connectivity index (χ1n) is 18.8. The maximum absolute atomic E-state index is 12.4. The molecule has 0 atom stereocenters. The Balaban J connectivity index is 0.000000617. The minimum atomic E-state index is -0.458. The Morgan fingerprint density at radius 3 is 1.39 bits per heavy atom. The van der Waals surface area contributed by atoms with Crippen molar-refractivity contribution in [3.63, 3.8) is 0 Å². The second-order valence-corrected chi connectivity index (χ2v) is 11.0. The second kappa shape index (κ2) is 31.4. The number of nitriles is 2. The molecule has 0 aliphatic carbocycles. The van der Waals surface area contributed by atoms with Crippen molar-refractivity contribution in [3.05, 3.63) is 95.3 Å². The highest BCUT2D eigenvalue weighted by Gasteiger charge is 2.14. The lowest BCUT2D eigenvalue weighted by Crippen LogP contribution is -2.30. The predicted octanol–water partition coefficient (Wildman–Crippen LogP) is 10.2. The van der Waals surface area contributed by atoms with Gasteiger partial charge in [-0.2, -0.15) is 10.5 Å². The van der Waals surface area contributed by atoms with E-state index in [1.165, 1.54) is 107 Å². The van der Waals surface area contributed by atoms with Gasteiger partial charge in [0.25, 0.3) is 0 Å². The number of piperidine rings is 3. The Labute approximate surface area is 299 Å². The van der Waals surface area contributed by atoms with Gasteiger partial charge in [-0.1, -0.05) is 90.4 Å². The van der Waals surface area contributed by atoms with Crippen LogP contribution in [0.2, 0.25) is 0 Å². The van der Waals surface area contributed by atoms with Crippen molar-refractivity contribution in [2.45, 2.75) is 106 Å². The normalized spacial score (nSPS) is 14.4. The lowest BCUT2D eigenvalue weighted by Gasteiger charge is -2.30. The summed E-state index contributed by atoms with van der Waals surface area (Å²) in [6.07, 6.45) is 12.1. The smallest absolute Gasteiger partial charge is 0.140 e. The van der Waals surface area contributed by atoms with Crippen molar-refractivity contribution in [2.24, 2.45) is 5.73 Å². The highest BCUT2D eigenvalue weighted by molar-refractivity contribution is 5.59. The summed E-state index contributed by atoms with van der Waals surface area (Å²) in [5, 5.41) is 20.5. The summed E-state index contributed by atoms with van der Waals surface area (Å²) in [6, 6.07) is 26.2. The third-order valence-electron chi connectivity index (χ3n) is 7.83. The number of hydrogen-bond acceptors (Lipinski definition) is 6. The topological polar surface area (TPSA) is 92.1 Å². The Hall–Kier alpha value is -3.91. The van der Waals surface area contributed by atoms with E-state index < -0.39 is 5.82 Å². The average Bonchev–Trinajstić information content (AvgIpc) is 3.22. The lowest BCUT2D eigenvalue weighted by atomic mass is 10.1. The van der Waals surface area contributed by atoms with Gasteiger partial charge in [0.15, 0.2) is 0 Å². The first-order valence-corrected chi connectivity index (χ1v) is 18.8. The highest BCUT2D eigenvalue weighted by atomic mass is 19.1. The Kier molecular flexibility index (Phi) is 28.9. The third-order valence-corrected chi connectivity index (χ3v) is 7.83. The quantitative estimate of drug-likeness (QED) is 0.288. The van der Waals surface area contributed by atoms with Crippen molar-refractivity contribution in [3.8, 4) is 12.1 Å². The molecule has 6 nitrogen and oxygen atoms in total. The van der Waals surface area contributed by atoms with E-state index in [9.17, 15) is 4.39 Å². The van der Waals surface area contributed by atoms with Crippen LogP contribution in [0.3, 0.4) is 0 Å². The van der Waals surface area contributed by atoms with Gasteiger partial charge in [-0.05, 0) is 100 Å². The summed E-state index contributed by atoms with van der Waals surface area (Å²) in [6.45, 7) is 19.7. The molecule has 3 aromatic carbocycles. The molecule has 3 fully saturated rings. The number of para-hydroxylation sites is 2. The molecule has 3 N–H and O–H groups in total. The summed E-state index contributed by atoms with van der Waals surface area (Å²) in [5.41, 5.74) is 10.3. The van der Waals surface area contributed by atoms with E-state index in [2.05, 4.69) is 45.5 Å². The Bertz CT molecular complexity index is 1270. The zero-order chi connectivity index (χ0) is 36.5. The van der Waals surface area contributed by atoms with Crippen LogP contribution in [0.25, 0.3) is 0 Å². The summed E-state index contributed by atoms with van der Waals surface area (Å²) in [5.74, 6) is -0.458. The van der Waals surface area contributed by atoms with Gasteiger partial charge in [-0.15, -0.1) is 0 Å². The molecule has 7 heteroatoms. The number of anilines is 2. The van der Waals surface area contributed by atoms with Crippen LogP contribution < -0.4 is 20.9 Å². The molecule has 0 radical (unpaired) electrons. The van der Waals surface area contributed by atoms with E-state index in [-0.39, 0.29) is 5.56 Å². The molecular formula is C42H65FN6. The predicted molar refractivity (Wildman–Crippen MR) is 209 cm³/mol. The van der Waals surface area contributed by atoms with Crippen LogP contribution in [-0.2, 0) is 6.54 Å². The molecule has 0 spiro atoms. The number of nitrogens with two attached hydrogens (primary N) is 1. The fourth-order valence-corrected chi connectivity index (χ4v) is 5.46. The van der Waals surface area contributed by atoms with Crippen molar-refractivity contribution in [2.75, 3.05) is 49.1 Å². The summed E-state index contributed by atoms with van der Waals surface area (Å²) >= 11 is 0. The van der Waals surface area contributed by atoms with E-state index in [0.717, 1.165) is 24.3 Å². The lowest BCUT2D eigenvalue weighted by molar-refractivity contribution is 0.520. The van der Waals surface area contributed by atoms with Crippen LogP contribution in [0.4, 0.5) is 15.8 Å². The van der Waals surface area contributed by atoms with Crippen LogP contribution in [-0.4, -0.2) is 39.3 Å². The van der Waals surface area contributed by atoms with E-state index >= 15 is 0 Å². The third kappa shape index (κ3) is 18.4. The van der Waals surface area contributed by atoms with Gasteiger partial charge in [0.05, 0.1) is 16.8 Å². The molecule has 6 rings (SSSR count). The first-order chi connectivity index (χ1) is 24.2. The van der Waals surface area contributed by atoms with Gasteiger partial charge in [-0.25, -0.2) is 4.39 Å². The molecular weight excluding hydrogens is 608 g/mol. The molecule has 270 valence electrons. The largest absolute Gasteiger partial charge is 0.371 e. The van der Waals surface area contributed by atoms with Gasteiger partial charge in [0.2, 0.25) is 0 Å². The van der Waals surface area contributed by atoms with Gasteiger partial charge in [-0.3, -0.25) is 0 Å². The fraction of sp³-hybridized carbons (Fsp3) is 0.524. The summed E-state index contributed by atoms with van der Waals surface area (Å²) < 4.78 is 12.4.